The van der Waals surface area contributed by atoms with E-state index in [-0.39, 0.29) is 12.5 Å². The first kappa shape index (κ1) is 23.8. The second kappa shape index (κ2) is 11.7. The first-order valence-electron chi connectivity index (χ1n) is 11.4. The van der Waals surface area contributed by atoms with E-state index in [9.17, 15) is 9.59 Å². The van der Waals surface area contributed by atoms with E-state index in [2.05, 4.69) is 28.1 Å². The van der Waals surface area contributed by atoms with Crippen molar-refractivity contribution in [3.8, 4) is 0 Å². The number of hydrogen-bond donors (Lipinski definition) is 3. The van der Waals surface area contributed by atoms with Gasteiger partial charge in [-0.15, -0.1) is 0 Å². The third-order valence-corrected chi connectivity index (χ3v) is 6.03. The lowest BCUT2D eigenvalue weighted by Crippen LogP contribution is -2.28. The van der Waals surface area contributed by atoms with Gasteiger partial charge in [0.25, 0.3) is 5.91 Å². The van der Waals surface area contributed by atoms with Crippen molar-refractivity contribution < 1.29 is 14.3 Å². The molecule has 1 heterocycles. The zero-order valence-electron chi connectivity index (χ0n) is 18.9. The Morgan fingerprint density at radius 3 is 2.35 bits per heavy atom. The Balaban J connectivity index is 1.33. The molecule has 0 radical (unpaired) electrons. The number of halogens is 1. The van der Waals surface area contributed by atoms with Crippen LogP contribution in [0.4, 0.5) is 16.2 Å². The number of rotatable bonds is 7. The summed E-state index contributed by atoms with van der Waals surface area (Å²) in [6, 6.07) is 22.0. The Kier molecular flexibility index (Phi) is 8.17. The van der Waals surface area contributed by atoms with Crippen molar-refractivity contribution in [3.05, 3.63) is 94.5 Å². The largest absolute Gasteiger partial charge is 0.444 e. The van der Waals surface area contributed by atoms with Gasteiger partial charge in [-0.2, -0.15) is 0 Å². The highest BCUT2D eigenvalue weighted by atomic mass is 35.5. The van der Waals surface area contributed by atoms with Gasteiger partial charge in [-0.3, -0.25) is 10.1 Å². The molecule has 3 aromatic carbocycles. The van der Waals surface area contributed by atoms with Crippen LogP contribution < -0.4 is 16.0 Å². The minimum atomic E-state index is -0.623. The molecule has 1 fully saturated rings. The van der Waals surface area contributed by atoms with Crippen LogP contribution in [0.5, 0.6) is 0 Å². The normalized spacial score (nSPS) is 13.8. The van der Waals surface area contributed by atoms with E-state index in [0.717, 1.165) is 25.1 Å². The summed E-state index contributed by atoms with van der Waals surface area (Å²) in [7, 11) is 0. The number of hydrogen-bond acceptors (Lipinski definition) is 4. The Hall–Kier alpha value is -3.35. The smallest absolute Gasteiger partial charge is 0.411 e. The van der Waals surface area contributed by atoms with E-state index >= 15 is 0 Å². The fourth-order valence-corrected chi connectivity index (χ4v) is 4.25. The highest BCUT2D eigenvalue weighted by molar-refractivity contribution is 6.31. The molecule has 3 aromatic rings. The lowest BCUT2D eigenvalue weighted by atomic mass is 9.91. The van der Waals surface area contributed by atoms with Gasteiger partial charge in [-0.1, -0.05) is 54.1 Å². The van der Waals surface area contributed by atoms with Gasteiger partial charge in [0.2, 0.25) is 0 Å². The summed E-state index contributed by atoms with van der Waals surface area (Å²) >= 11 is 6.19. The lowest BCUT2D eigenvalue weighted by Gasteiger charge is -2.22. The maximum absolute atomic E-state index is 12.8. The van der Waals surface area contributed by atoms with Gasteiger partial charge < -0.3 is 15.4 Å². The van der Waals surface area contributed by atoms with Crippen LogP contribution in [-0.2, 0) is 17.8 Å². The summed E-state index contributed by atoms with van der Waals surface area (Å²) in [5.74, 6) is 0.396. The molecule has 34 heavy (non-hydrogen) atoms. The summed E-state index contributed by atoms with van der Waals surface area (Å²) < 4.78 is 5.24. The lowest BCUT2D eigenvalue weighted by molar-refractivity contribution is 0.102. The zero-order chi connectivity index (χ0) is 23.8. The van der Waals surface area contributed by atoms with Crippen LogP contribution in [0.2, 0.25) is 5.02 Å². The van der Waals surface area contributed by atoms with Crippen molar-refractivity contribution in [2.75, 3.05) is 23.7 Å². The van der Waals surface area contributed by atoms with Gasteiger partial charge in [0.1, 0.15) is 6.61 Å². The topological polar surface area (TPSA) is 79.5 Å². The minimum Gasteiger partial charge on any atom is -0.444 e. The first-order valence-corrected chi connectivity index (χ1v) is 11.8. The van der Waals surface area contributed by atoms with E-state index in [1.807, 2.05) is 42.5 Å². The van der Waals surface area contributed by atoms with E-state index < -0.39 is 6.09 Å². The average Bonchev–Trinajstić information content (AvgIpc) is 2.85. The summed E-state index contributed by atoms with van der Waals surface area (Å²) in [6.07, 6.45) is 2.83. The Morgan fingerprint density at radius 2 is 1.62 bits per heavy atom. The summed E-state index contributed by atoms with van der Waals surface area (Å²) in [6.45, 7) is 2.31. The number of carbonyl (C=O) groups is 2. The van der Waals surface area contributed by atoms with Gasteiger partial charge in [0.05, 0.1) is 0 Å². The number of benzene rings is 3. The van der Waals surface area contributed by atoms with Crippen LogP contribution in [0.25, 0.3) is 0 Å². The summed E-state index contributed by atoms with van der Waals surface area (Å²) in [5, 5.41) is 9.25. The monoisotopic (exact) mass is 477 g/mol. The van der Waals surface area contributed by atoms with Crippen LogP contribution in [-0.4, -0.2) is 25.1 Å². The average molecular weight is 478 g/mol. The van der Waals surface area contributed by atoms with Crippen molar-refractivity contribution in [3.63, 3.8) is 0 Å². The molecule has 0 bridgehead atoms. The standard InChI is InChI=1S/C27H28ClN3O3/c28-23-15-22(16-25(17-23)31-27(33)34-18-21-4-2-1-3-5-21)26(32)30-24-8-6-19(7-9-24)14-20-10-12-29-13-11-20/h1-9,15-17,20,29H,10-14,18H2,(H,30,32)(H,31,33). The van der Waals surface area contributed by atoms with E-state index in [1.165, 1.54) is 18.4 Å². The SMILES string of the molecule is O=C(Nc1cc(Cl)cc(C(=O)Nc2ccc(CC3CCNCC3)cc2)c1)OCc1ccccc1. The van der Waals surface area contributed by atoms with Crippen molar-refractivity contribution in [1.82, 2.24) is 5.32 Å². The van der Waals surface area contributed by atoms with Crippen molar-refractivity contribution in [2.24, 2.45) is 5.92 Å². The Bertz CT molecular complexity index is 1110. The third kappa shape index (κ3) is 7.07. The Labute approximate surface area is 204 Å². The number of anilines is 2. The molecule has 7 heteroatoms. The maximum Gasteiger partial charge on any atom is 0.411 e. The zero-order valence-corrected chi connectivity index (χ0v) is 19.6. The number of nitrogens with one attached hydrogen (secondary N) is 3. The van der Waals surface area contributed by atoms with E-state index in [1.54, 1.807) is 18.2 Å². The van der Waals surface area contributed by atoms with Gasteiger partial charge in [-0.05, 0) is 79.7 Å². The molecule has 0 aliphatic carbocycles. The highest BCUT2D eigenvalue weighted by Crippen LogP contribution is 2.22. The van der Waals surface area contributed by atoms with Gasteiger partial charge in [-0.25, -0.2) is 4.79 Å². The second-order valence-corrected chi connectivity index (χ2v) is 8.90. The predicted octanol–water partition coefficient (Wildman–Crippen LogP) is 5.88. The molecule has 0 atom stereocenters. The molecule has 0 saturated carbocycles. The molecule has 1 aliphatic rings. The van der Waals surface area contributed by atoms with Crippen LogP contribution >= 0.6 is 11.6 Å². The van der Waals surface area contributed by atoms with Crippen LogP contribution in [0.15, 0.2) is 72.8 Å². The third-order valence-electron chi connectivity index (χ3n) is 5.81. The fraction of sp³-hybridized carbons (Fsp3) is 0.259. The number of piperidine rings is 1. The van der Waals surface area contributed by atoms with Crippen molar-refractivity contribution in [1.29, 1.82) is 0 Å². The molecule has 0 aromatic heterocycles. The quantitative estimate of drug-likeness (QED) is 0.397. The summed E-state index contributed by atoms with van der Waals surface area (Å²) in [5.41, 5.74) is 3.58. The van der Waals surface area contributed by atoms with Gasteiger partial charge >= 0.3 is 6.09 Å². The van der Waals surface area contributed by atoms with Crippen molar-refractivity contribution >= 4 is 35.0 Å². The molecular formula is C27H28ClN3O3. The van der Waals surface area contributed by atoms with Gasteiger partial charge in [0.15, 0.2) is 0 Å². The minimum absolute atomic E-state index is 0.147. The molecule has 1 saturated heterocycles. The molecule has 0 spiro atoms. The molecule has 176 valence electrons. The summed E-state index contributed by atoms with van der Waals surface area (Å²) in [4.78, 5) is 25.0. The van der Waals surface area contributed by atoms with E-state index in [0.29, 0.717) is 27.9 Å². The second-order valence-electron chi connectivity index (χ2n) is 8.46. The highest BCUT2D eigenvalue weighted by Gasteiger charge is 2.14. The van der Waals surface area contributed by atoms with Crippen LogP contribution in [0.3, 0.4) is 0 Å². The predicted molar refractivity (Wildman–Crippen MR) is 135 cm³/mol. The molecule has 6 nitrogen and oxygen atoms in total. The van der Waals surface area contributed by atoms with Gasteiger partial charge in [0, 0.05) is 22.0 Å². The fourth-order valence-electron chi connectivity index (χ4n) is 4.02. The molecule has 3 N–H and O–H groups in total. The first-order chi connectivity index (χ1) is 16.5. The number of carbonyl (C=O) groups excluding carboxylic acids is 2. The molecule has 2 amide bonds. The number of ether oxygens (including phenoxy) is 1. The van der Waals surface area contributed by atoms with Crippen molar-refractivity contribution in [2.45, 2.75) is 25.9 Å². The Morgan fingerprint density at radius 1 is 0.882 bits per heavy atom. The molecule has 1 aliphatic heterocycles. The van der Waals surface area contributed by atoms with Crippen LogP contribution in [0.1, 0.15) is 34.3 Å². The molecule has 0 unspecified atom stereocenters. The molecular weight excluding hydrogens is 450 g/mol. The number of amides is 2. The van der Waals surface area contributed by atoms with E-state index in [4.69, 9.17) is 16.3 Å². The van der Waals surface area contributed by atoms with Crippen LogP contribution in [0, 0.1) is 5.92 Å². The maximum atomic E-state index is 12.8. The molecule has 4 rings (SSSR count).